The van der Waals surface area contributed by atoms with Crippen molar-refractivity contribution in [1.29, 1.82) is 0 Å². The second kappa shape index (κ2) is 8.70. The molecule has 28 heavy (non-hydrogen) atoms. The Morgan fingerprint density at radius 3 is 3.07 bits per heavy atom. The quantitative estimate of drug-likeness (QED) is 0.705. The van der Waals surface area contributed by atoms with E-state index in [0.29, 0.717) is 24.3 Å². The normalized spacial score (nSPS) is 24.4. The summed E-state index contributed by atoms with van der Waals surface area (Å²) in [5, 5.41) is 2.93. The van der Waals surface area contributed by atoms with Gasteiger partial charge in [0.15, 0.2) is 12.3 Å². The van der Waals surface area contributed by atoms with Crippen molar-refractivity contribution < 1.29 is 18.3 Å². The molecule has 4 rings (SSSR count). The largest absolute Gasteiger partial charge is 0.484 e. The standard InChI is InChI=1S/C20H25FN4O3/c21-13-5-4-6-14(9-13)27-12-19-23-18(11-28-19)20(26)22-10-17-15-7-2-1-3-8-16(15)24-25-17/h4-6,9,11,15-17,24-25H,1-3,7-8,10,12H2,(H,22,26). The third-order valence-electron chi connectivity index (χ3n) is 5.47. The summed E-state index contributed by atoms with van der Waals surface area (Å²) >= 11 is 0. The van der Waals surface area contributed by atoms with E-state index in [2.05, 4.69) is 21.2 Å². The first-order valence-electron chi connectivity index (χ1n) is 9.81. The second-order valence-electron chi connectivity index (χ2n) is 7.39. The van der Waals surface area contributed by atoms with Gasteiger partial charge in [-0.15, -0.1) is 0 Å². The summed E-state index contributed by atoms with van der Waals surface area (Å²) in [6, 6.07) is 6.53. The summed E-state index contributed by atoms with van der Waals surface area (Å²) in [6.07, 6.45) is 7.46. The summed E-state index contributed by atoms with van der Waals surface area (Å²) in [7, 11) is 0. The average Bonchev–Trinajstić information content (AvgIpc) is 3.25. The highest BCUT2D eigenvalue weighted by molar-refractivity contribution is 5.91. The lowest BCUT2D eigenvalue weighted by molar-refractivity contribution is 0.0942. The van der Waals surface area contributed by atoms with Gasteiger partial charge in [0.2, 0.25) is 5.89 Å². The molecule has 2 fully saturated rings. The van der Waals surface area contributed by atoms with E-state index >= 15 is 0 Å². The Bertz CT molecular complexity index is 812. The molecular formula is C20H25FN4O3. The van der Waals surface area contributed by atoms with E-state index in [9.17, 15) is 9.18 Å². The summed E-state index contributed by atoms with van der Waals surface area (Å²) in [4.78, 5) is 16.5. The van der Waals surface area contributed by atoms with Crippen LogP contribution in [0.2, 0.25) is 0 Å². The Labute approximate surface area is 163 Å². The number of nitrogens with zero attached hydrogens (tertiary/aromatic N) is 1. The van der Waals surface area contributed by atoms with E-state index in [-0.39, 0.29) is 36.0 Å². The molecule has 2 heterocycles. The fourth-order valence-electron chi connectivity index (χ4n) is 4.00. The van der Waals surface area contributed by atoms with Gasteiger partial charge in [-0.05, 0) is 30.9 Å². The fourth-order valence-corrected chi connectivity index (χ4v) is 4.00. The van der Waals surface area contributed by atoms with Crippen molar-refractivity contribution >= 4 is 5.91 Å². The van der Waals surface area contributed by atoms with Crippen molar-refractivity contribution in [3.8, 4) is 5.75 Å². The number of rotatable bonds is 6. The summed E-state index contributed by atoms with van der Waals surface area (Å²) < 4.78 is 23.9. The molecule has 0 bridgehead atoms. The third-order valence-corrected chi connectivity index (χ3v) is 5.47. The lowest BCUT2D eigenvalue weighted by atomic mass is 9.90. The number of halogens is 1. The maximum atomic E-state index is 13.2. The molecular weight excluding hydrogens is 363 g/mol. The van der Waals surface area contributed by atoms with Crippen LogP contribution in [0.25, 0.3) is 0 Å². The first-order chi connectivity index (χ1) is 13.7. The minimum Gasteiger partial charge on any atom is -0.484 e. The number of hydrazine groups is 1. The Balaban J connectivity index is 1.27. The maximum absolute atomic E-state index is 13.2. The van der Waals surface area contributed by atoms with Crippen molar-refractivity contribution in [3.63, 3.8) is 0 Å². The van der Waals surface area contributed by atoms with Crippen LogP contribution in [0.1, 0.15) is 48.5 Å². The summed E-state index contributed by atoms with van der Waals surface area (Å²) in [6.45, 7) is 0.559. The van der Waals surface area contributed by atoms with Crippen LogP contribution in [-0.2, 0) is 6.61 Å². The Morgan fingerprint density at radius 1 is 1.29 bits per heavy atom. The van der Waals surface area contributed by atoms with Gasteiger partial charge in [-0.2, -0.15) is 0 Å². The molecule has 1 aliphatic carbocycles. The topological polar surface area (TPSA) is 88.4 Å². The molecule has 2 aromatic rings. The molecule has 1 saturated carbocycles. The molecule has 1 saturated heterocycles. The first kappa shape index (κ1) is 18.9. The Kier molecular flexibility index (Phi) is 5.87. The fraction of sp³-hybridized carbons (Fsp3) is 0.500. The molecule has 2 aliphatic rings. The van der Waals surface area contributed by atoms with Crippen LogP contribution >= 0.6 is 0 Å². The van der Waals surface area contributed by atoms with Crippen LogP contribution < -0.4 is 20.9 Å². The first-order valence-corrected chi connectivity index (χ1v) is 9.81. The van der Waals surface area contributed by atoms with E-state index < -0.39 is 0 Å². The zero-order valence-electron chi connectivity index (χ0n) is 15.6. The molecule has 3 unspecified atom stereocenters. The summed E-state index contributed by atoms with van der Waals surface area (Å²) in [5.41, 5.74) is 6.91. The average molecular weight is 388 g/mol. The predicted molar refractivity (Wildman–Crippen MR) is 100.0 cm³/mol. The number of benzene rings is 1. The van der Waals surface area contributed by atoms with Crippen LogP contribution in [0, 0.1) is 11.7 Å². The number of nitrogens with one attached hydrogen (secondary N) is 3. The molecule has 150 valence electrons. The van der Waals surface area contributed by atoms with Crippen molar-refractivity contribution in [1.82, 2.24) is 21.2 Å². The SMILES string of the molecule is O=C(NCC1NNC2CCCCCC21)c1coc(COc2cccc(F)c2)n1. The van der Waals surface area contributed by atoms with Crippen LogP contribution in [0.15, 0.2) is 34.9 Å². The number of hydrogen-bond acceptors (Lipinski definition) is 6. The van der Waals surface area contributed by atoms with Gasteiger partial charge in [0.25, 0.3) is 5.91 Å². The second-order valence-corrected chi connectivity index (χ2v) is 7.39. The Hall–Kier alpha value is -2.45. The molecule has 0 spiro atoms. The van der Waals surface area contributed by atoms with Crippen molar-refractivity contribution in [2.24, 2.45) is 5.92 Å². The van der Waals surface area contributed by atoms with E-state index in [1.165, 1.54) is 50.5 Å². The zero-order valence-corrected chi connectivity index (χ0v) is 15.6. The highest BCUT2D eigenvalue weighted by atomic mass is 19.1. The highest BCUT2D eigenvalue weighted by Crippen LogP contribution is 2.28. The van der Waals surface area contributed by atoms with Crippen molar-refractivity contribution in [2.75, 3.05) is 6.54 Å². The van der Waals surface area contributed by atoms with Gasteiger partial charge < -0.3 is 14.5 Å². The van der Waals surface area contributed by atoms with Gasteiger partial charge in [0.05, 0.1) is 0 Å². The maximum Gasteiger partial charge on any atom is 0.273 e. The van der Waals surface area contributed by atoms with Gasteiger partial charge in [-0.3, -0.25) is 15.6 Å². The number of ether oxygens (including phenoxy) is 1. The molecule has 3 N–H and O–H groups in total. The van der Waals surface area contributed by atoms with E-state index in [1.807, 2.05) is 0 Å². The minimum absolute atomic E-state index is 0.0224. The van der Waals surface area contributed by atoms with E-state index in [0.717, 1.165) is 0 Å². The third kappa shape index (κ3) is 4.51. The van der Waals surface area contributed by atoms with Crippen LogP contribution in [0.5, 0.6) is 5.75 Å². The zero-order chi connectivity index (χ0) is 19.3. The monoisotopic (exact) mass is 388 g/mol. The van der Waals surface area contributed by atoms with Gasteiger partial charge in [0, 0.05) is 24.7 Å². The van der Waals surface area contributed by atoms with Gasteiger partial charge >= 0.3 is 0 Å². The number of carbonyl (C=O) groups excluding carboxylic acids is 1. The minimum atomic E-state index is -0.379. The molecule has 0 radical (unpaired) electrons. The van der Waals surface area contributed by atoms with Crippen molar-refractivity contribution in [3.05, 3.63) is 47.9 Å². The van der Waals surface area contributed by atoms with Gasteiger partial charge in [-0.1, -0.05) is 25.3 Å². The predicted octanol–water partition coefficient (Wildman–Crippen LogP) is 2.55. The number of aromatic nitrogens is 1. The van der Waals surface area contributed by atoms with Gasteiger partial charge in [0.1, 0.15) is 17.8 Å². The molecule has 7 nitrogen and oxygen atoms in total. The lowest BCUT2D eigenvalue weighted by Gasteiger charge is -2.20. The van der Waals surface area contributed by atoms with E-state index in [4.69, 9.17) is 9.15 Å². The number of amides is 1. The van der Waals surface area contributed by atoms with E-state index in [1.54, 1.807) is 12.1 Å². The summed E-state index contributed by atoms with van der Waals surface area (Å²) in [5.74, 6) is 0.520. The van der Waals surface area contributed by atoms with Crippen LogP contribution in [0.4, 0.5) is 4.39 Å². The molecule has 1 aromatic carbocycles. The molecule has 3 atom stereocenters. The lowest BCUT2D eigenvalue weighted by Crippen LogP contribution is -2.42. The van der Waals surface area contributed by atoms with Gasteiger partial charge in [-0.25, -0.2) is 9.37 Å². The number of carbonyl (C=O) groups is 1. The van der Waals surface area contributed by atoms with Crippen molar-refractivity contribution in [2.45, 2.75) is 50.8 Å². The molecule has 1 aromatic heterocycles. The molecule has 1 aliphatic heterocycles. The molecule has 8 heteroatoms. The number of fused-ring (bicyclic) bond motifs is 1. The van der Waals surface area contributed by atoms with Crippen LogP contribution in [0.3, 0.4) is 0 Å². The number of oxazole rings is 1. The highest BCUT2D eigenvalue weighted by Gasteiger charge is 2.36. The Morgan fingerprint density at radius 2 is 2.18 bits per heavy atom. The smallest absolute Gasteiger partial charge is 0.273 e. The number of hydrogen-bond donors (Lipinski definition) is 3. The molecule has 1 amide bonds. The van der Waals surface area contributed by atoms with Crippen LogP contribution in [-0.4, -0.2) is 29.5 Å².